The first-order valence-corrected chi connectivity index (χ1v) is 10.6. The standard InChI is InChI=1S/C28H24N/c1-19-18-29-26(21-11-6-3-7-12-21)17-25(20-9-4-2-5-10-20)24-16-15-22-13-8-14-23(19)27(22)28(24)29/h2-14,17,19H,15-16,18H2,1H3/q+1. The number of rotatable bonds is 2. The van der Waals surface area contributed by atoms with Crippen LogP contribution in [0.5, 0.6) is 0 Å². The molecule has 0 fully saturated rings. The maximum Gasteiger partial charge on any atom is 0.217 e. The molecular formula is C28H24N+. The van der Waals surface area contributed by atoms with Crippen LogP contribution in [0.15, 0.2) is 84.9 Å². The van der Waals surface area contributed by atoms with E-state index in [-0.39, 0.29) is 0 Å². The van der Waals surface area contributed by atoms with Gasteiger partial charge in [-0.2, -0.15) is 4.57 Å². The maximum absolute atomic E-state index is 2.60. The molecular weight excluding hydrogens is 350 g/mol. The van der Waals surface area contributed by atoms with Crippen molar-refractivity contribution < 1.29 is 4.57 Å². The lowest BCUT2D eigenvalue weighted by molar-refractivity contribution is -0.680. The van der Waals surface area contributed by atoms with E-state index in [1.165, 1.54) is 50.3 Å². The summed E-state index contributed by atoms with van der Waals surface area (Å²) in [5, 5.41) is 0. The Morgan fingerprint density at radius 3 is 2.24 bits per heavy atom. The van der Waals surface area contributed by atoms with E-state index in [4.69, 9.17) is 0 Å². The fourth-order valence-electron chi connectivity index (χ4n) is 5.32. The van der Waals surface area contributed by atoms with Crippen molar-refractivity contribution in [2.24, 2.45) is 0 Å². The van der Waals surface area contributed by atoms with E-state index in [0.29, 0.717) is 5.92 Å². The minimum absolute atomic E-state index is 0.526. The third-order valence-electron chi connectivity index (χ3n) is 6.66. The number of aromatic nitrogens is 1. The van der Waals surface area contributed by atoms with Crippen LogP contribution in [-0.4, -0.2) is 0 Å². The van der Waals surface area contributed by atoms with Gasteiger partial charge in [0.1, 0.15) is 0 Å². The van der Waals surface area contributed by atoms with Crippen molar-refractivity contribution in [3.63, 3.8) is 0 Å². The minimum atomic E-state index is 0.526. The fourth-order valence-corrected chi connectivity index (χ4v) is 5.32. The van der Waals surface area contributed by atoms with Gasteiger partial charge in [-0.1, -0.05) is 73.7 Å². The summed E-state index contributed by atoms with van der Waals surface area (Å²) in [6.45, 7) is 3.41. The Morgan fingerprint density at radius 1 is 0.759 bits per heavy atom. The van der Waals surface area contributed by atoms with Crippen LogP contribution in [0.25, 0.3) is 33.6 Å². The van der Waals surface area contributed by atoms with Crippen molar-refractivity contribution in [1.82, 2.24) is 0 Å². The third kappa shape index (κ3) is 2.50. The van der Waals surface area contributed by atoms with Crippen molar-refractivity contribution in [2.75, 3.05) is 0 Å². The summed E-state index contributed by atoms with van der Waals surface area (Å²) in [6, 6.07) is 31.2. The van der Waals surface area contributed by atoms with Crippen LogP contribution in [0, 0.1) is 0 Å². The highest BCUT2D eigenvalue weighted by Gasteiger charge is 2.38. The van der Waals surface area contributed by atoms with Crippen LogP contribution < -0.4 is 4.57 Å². The highest BCUT2D eigenvalue weighted by atomic mass is 15.0. The average Bonchev–Trinajstić information content (AvgIpc) is 2.79. The zero-order chi connectivity index (χ0) is 19.4. The van der Waals surface area contributed by atoms with Gasteiger partial charge >= 0.3 is 0 Å². The first kappa shape index (κ1) is 16.7. The van der Waals surface area contributed by atoms with Crippen molar-refractivity contribution in [1.29, 1.82) is 0 Å². The Kier molecular flexibility index (Phi) is 3.70. The number of hydrogen-bond acceptors (Lipinski definition) is 0. The van der Waals surface area contributed by atoms with E-state index in [1.54, 1.807) is 0 Å². The van der Waals surface area contributed by atoms with Gasteiger partial charge in [0.05, 0.1) is 5.56 Å². The Bertz CT molecular complexity index is 1220. The zero-order valence-corrected chi connectivity index (χ0v) is 16.7. The van der Waals surface area contributed by atoms with Gasteiger partial charge in [-0.15, -0.1) is 0 Å². The minimum Gasteiger partial charge on any atom is -0.190 e. The zero-order valence-electron chi connectivity index (χ0n) is 16.7. The molecule has 1 aromatic heterocycles. The van der Waals surface area contributed by atoms with Gasteiger partial charge in [-0.05, 0) is 47.2 Å². The molecule has 1 aliphatic carbocycles. The summed E-state index contributed by atoms with van der Waals surface area (Å²) in [7, 11) is 0. The Labute approximate surface area is 172 Å². The lowest BCUT2D eigenvalue weighted by atomic mass is 9.77. The second kappa shape index (κ2) is 6.42. The molecule has 3 aromatic carbocycles. The van der Waals surface area contributed by atoms with E-state index in [0.717, 1.165) is 19.4 Å². The molecule has 0 radical (unpaired) electrons. The van der Waals surface area contributed by atoms with Gasteiger partial charge in [0, 0.05) is 23.1 Å². The maximum atomic E-state index is 2.60. The Morgan fingerprint density at radius 2 is 1.48 bits per heavy atom. The summed E-state index contributed by atoms with van der Waals surface area (Å²) in [4.78, 5) is 0. The molecule has 1 heteroatoms. The van der Waals surface area contributed by atoms with E-state index in [2.05, 4.69) is 96.4 Å². The molecule has 1 unspecified atom stereocenters. The van der Waals surface area contributed by atoms with Gasteiger partial charge in [0.15, 0.2) is 6.54 Å². The number of benzene rings is 3. The topological polar surface area (TPSA) is 3.88 Å². The molecule has 0 saturated carbocycles. The van der Waals surface area contributed by atoms with Gasteiger partial charge in [0.25, 0.3) is 0 Å². The molecule has 1 nitrogen and oxygen atoms in total. The van der Waals surface area contributed by atoms with Crippen molar-refractivity contribution in [3.8, 4) is 33.6 Å². The predicted octanol–water partition coefficient (Wildman–Crippen LogP) is 6.19. The van der Waals surface area contributed by atoms with Crippen LogP contribution in [0.4, 0.5) is 0 Å². The molecule has 0 spiro atoms. The molecule has 0 amide bonds. The SMILES string of the molecule is CC1C[n+]2c(-c3ccccc3)cc(-c3ccccc3)c3c2-c2c(cccc21)CC3. The monoisotopic (exact) mass is 374 g/mol. The third-order valence-corrected chi connectivity index (χ3v) is 6.66. The first-order chi connectivity index (χ1) is 14.3. The van der Waals surface area contributed by atoms with Crippen molar-refractivity contribution >= 4 is 0 Å². The molecule has 6 rings (SSSR count). The molecule has 1 atom stereocenters. The summed E-state index contributed by atoms with van der Waals surface area (Å²) >= 11 is 0. The molecule has 0 bridgehead atoms. The van der Waals surface area contributed by atoms with Crippen LogP contribution in [0.2, 0.25) is 0 Å². The number of pyridine rings is 1. The highest BCUT2D eigenvalue weighted by Crippen LogP contribution is 2.44. The van der Waals surface area contributed by atoms with Crippen LogP contribution in [0.3, 0.4) is 0 Å². The largest absolute Gasteiger partial charge is 0.217 e. The molecule has 0 N–H and O–H groups in total. The lowest BCUT2D eigenvalue weighted by Crippen LogP contribution is -2.46. The van der Waals surface area contributed by atoms with E-state index >= 15 is 0 Å². The van der Waals surface area contributed by atoms with Crippen molar-refractivity contribution in [3.05, 3.63) is 102 Å². The Hall–Kier alpha value is -3.19. The van der Waals surface area contributed by atoms with Gasteiger partial charge in [0.2, 0.25) is 11.4 Å². The summed E-state index contributed by atoms with van der Waals surface area (Å²) < 4.78 is 2.60. The predicted molar refractivity (Wildman–Crippen MR) is 119 cm³/mol. The fraction of sp³-hybridized carbons (Fsp3) is 0.179. The molecule has 1 aliphatic heterocycles. The quantitative estimate of drug-likeness (QED) is 0.368. The number of nitrogens with zero attached hydrogens (tertiary/aromatic N) is 1. The average molecular weight is 375 g/mol. The highest BCUT2D eigenvalue weighted by molar-refractivity contribution is 5.82. The number of aryl methyl sites for hydroxylation is 1. The molecule has 2 heterocycles. The Balaban J connectivity index is 1.74. The smallest absolute Gasteiger partial charge is 0.190 e. The van der Waals surface area contributed by atoms with Crippen LogP contribution >= 0.6 is 0 Å². The van der Waals surface area contributed by atoms with Gasteiger partial charge in [-0.25, -0.2) is 0 Å². The van der Waals surface area contributed by atoms with Crippen LogP contribution in [-0.2, 0) is 19.4 Å². The molecule has 2 aliphatic rings. The van der Waals surface area contributed by atoms with Crippen LogP contribution in [0.1, 0.15) is 29.5 Å². The molecule has 4 aromatic rings. The first-order valence-electron chi connectivity index (χ1n) is 10.6. The van der Waals surface area contributed by atoms with Gasteiger partial charge < -0.3 is 0 Å². The summed E-state index contributed by atoms with van der Waals surface area (Å²) in [5.74, 6) is 0.526. The normalized spacial score (nSPS) is 16.4. The molecule has 0 saturated heterocycles. The second-order valence-electron chi connectivity index (χ2n) is 8.40. The van der Waals surface area contributed by atoms with E-state index < -0.39 is 0 Å². The summed E-state index contributed by atoms with van der Waals surface area (Å²) in [6.07, 6.45) is 2.24. The van der Waals surface area contributed by atoms with Gasteiger partial charge in [-0.3, -0.25) is 0 Å². The molecule has 140 valence electrons. The van der Waals surface area contributed by atoms with E-state index in [9.17, 15) is 0 Å². The molecule has 29 heavy (non-hydrogen) atoms. The second-order valence-corrected chi connectivity index (χ2v) is 8.40. The lowest BCUT2D eigenvalue weighted by Gasteiger charge is -2.30. The summed E-state index contributed by atoms with van der Waals surface area (Å²) in [5.41, 5.74) is 12.9. The van der Waals surface area contributed by atoms with Crippen molar-refractivity contribution in [2.45, 2.75) is 32.2 Å². The number of hydrogen-bond donors (Lipinski definition) is 0. The van der Waals surface area contributed by atoms with E-state index in [1.807, 2.05) is 0 Å².